The molecule has 2 aromatic carbocycles. The Labute approximate surface area is 231 Å². The van der Waals surface area contributed by atoms with Gasteiger partial charge in [0.25, 0.3) is 0 Å². The monoisotopic (exact) mass is 531 g/mol. The van der Waals surface area contributed by atoms with Crippen molar-refractivity contribution in [2.45, 2.75) is 13.1 Å². The van der Waals surface area contributed by atoms with Crippen LogP contribution in [0.5, 0.6) is 11.5 Å². The van der Waals surface area contributed by atoms with E-state index in [2.05, 4.69) is 39.0 Å². The van der Waals surface area contributed by atoms with E-state index >= 15 is 0 Å². The summed E-state index contributed by atoms with van der Waals surface area (Å²) in [7, 11) is 4.27. The first kappa shape index (κ1) is 27.6. The van der Waals surface area contributed by atoms with Gasteiger partial charge in [0.05, 0.1) is 0 Å². The third-order valence-corrected chi connectivity index (χ3v) is 8.08. The number of hydrogen-bond acceptors (Lipinski definition) is 8. The van der Waals surface area contributed by atoms with Crippen molar-refractivity contribution in [2.24, 2.45) is 0 Å². The van der Waals surface area contributed by atoms with Crippen LogP contribution in [-0.4, -0.2) is 115 Å². The smallest absolute Gasteiger partial charge is 0.187 e. The van der Waals surface area contributed by atoms with Crippen LogP contribution in [0.4, 0.5) is 0 Å². The lowest BCUT2D eigenvalue weighted by Gasteiger charge is -2.32. The highest BCUT2D eigenvalue weighted by Crippen LogP contribution is 2.26. The number of carbonyl (C=O) groups is 1. The number of ketones is 1. The van der Waals surface area contributed by atoms with Gasteiger partial charge in [-0.2, -0.15) is 0 Å². The quantitative estimate of drug-likeness (QED) is 0.490. The summed E-state index contributed by atoms with van der Waals surface area (Å²) in [6.45, 7) is 10.4. The van der Waals surface area contributed by atoms with Crippen LogP contribution in [0.25, 0.3) is 12.2 Å². The Hall–Kier alpha value is -3.01. The van der Waals surface area contributed by atoms with E-state index in [4.69, 9.17) is 0 Å². The lowest BCUT2D eigenvalue weighted by Crippen LogP contribution is -2.43. The Balaban J connectivity index is 1.30. The molecule has 0 aromatic heterocycles. The number of benzene rings is 2. The highest BCUT2D eigenvalue weighted by Gasteiger charge is 2.21. The van der Waals surface area contributed by atoms with E-state index in [1.807, 2.05) is 36.4 Å². The van der Waals surface area contributed by atoms with Crippen LogP contribution >= 0.6 is 0 Å². The van der Waals surface area contributed by atoms with Gasteiger partial charge in [0.1, 0.15) is 11.5 Å². The Morgan fingerprint density at radius 1 is 0.692 bits per heavy atom. The maximum Gasteiger partial charge on any atom is 0.187 e. The van der Waals surface area contributed by atoms with Crippen LogP contribution in [0.2, 0.25) is 0 Å². The number of aromatic hydroxyl groups is 2. The van der Waals surface area contributed by atoms with Gasteiger partial charge in [-0.15, -0.1) is 0 Å². The molecule has 0 amide bonds. The highest BCUT2D eigenvalue weighted by atomic mass is 16.3. The third kappa shape index (κ3) is 7.15. The van der Waals surface area contributed by atoms with Crippen LogP contribution in [0.1, 0.15) is 22.3 Å². The number of piperidine rings is 1. The predicted octanol–water partition coefficient (Wildman–Crippen LogP) is 2.23. The molecule has 0 bridgehead atoms. The maximum atomic E-state index is 13.4. The van der Waals surface area contributed by atoms with Crippen molar-refractivity contribution in [3.05, 3.63) is 69.8 Å². The van der Waals surface area contributed by atoms with Crippen molar-refractivity contribution in [2.75, 3.05) is 79.5 Å². The molecule has 3 fully saturated rings. The fraction of sp³-hybridized carbons (Fsp3) is 0.452. The van der Waals surface area contributed by atoms with Gasteiger partial charge < -0.3 is 25.3 Å². The van der Waals surface area contributed by atoms with Gasteiger partial charge in [0, 0.05) is 101 Å². The molecule has 8 nitrogen and oxygen atoms in total. The zero-order valence-electron chi connectivity index (χ0n) is 23.2. The van der Waals surface area contributed by atoms with Gasteiger partial charge >= 0.3 is 0 Å². The van der Waals surface area contributed by atoms with Crippen molar-refractivity contribution in [3.8, 4) is 11.5 Å². The standard InChI is InChI=1S/C31H41N5O3/c1-33-7-11-35(12-8-33)21-27-17-23(3-5-29(27)37)15-25-19-32-20-26(31(25)39)16-24-4-6-30(38)28(18-24)22-36-13-9-34(2)10-14-36/h3-6,15-18,32,37-38H,7-14,19-22H2,1-2H3. The van der Waals surface area contributed by atoms with Crippen molar-refractivity contribution >= 4 is 17.9 Å². The Morgan fingerprint density at radius 3 is 1.51 bits per heavy atom. The van der Waals surface area contributed by atoms with Gasteiger partial charge in [-0.25, -0.2) is 0 Å². The van der Waals surface area contributed by atoms with Gasteiger partial charge in [0.2, 0.25) is 0 Å². The lowest BCUT2D eigenvalue weighted by atomic mass is 9.94. The Morgan fingerprint density at radius 2 is 1.10 bits per heavy atom. The Bertz CT molecular complexity index is 1150. The Kier molecular flexibility index (Phi) is 8.79. The van der Waals surface area contributed by atoms with Crippen LogP contribution in [0, 0.1) is 0 Å². The molecule has 0 spiro atoms. The van der Waals surface area contributed by atoms with Gasteiger partial charge in [-0.1, -0.05) is 12.1 Å². The second kappa shape index (κ2) is 12.4. The third-order valence-electron chi connectivity index (χ3n) is 8.08. The summed E-state index contributed by atoms with van der Waals surface area (Å²) in [6.07, 6.45) is 3.87. The first-order valence-electron chi connectivity index (χ1n) is 14.0. The summed E-state index contributed by atoms with van der Waals surface area (Å²) in [4.78, 5) is 22.8. The first-order valence-corrected chi connectivity index (χ1v) is 14.0. The van der Waals surface area contributed by atoms with Gasteiger partial charge in [-0.05, 0) is 61.6 Å². The summed E-state index contributed by atoms with van der Waals surface area (Å²) in [5, 5.41) is 24.3. The number of likely N-dealkylation sites (N-methyl/N-ethyl adjacent to an activating group) is 2. The molecule has 0 aliphatic carbocycles. The number of carbonyl (C=O) groups excluding carboxylic acids is 1. The maximum absolute atomic E-state index is 13.4. The molecule has 0 radical (unpaired) electrons. The van der Waals surface area contributed by atoms with E-state index in [1.54, 1.807) is 12.1 Å². The van der Waals surface area contributed by atoms with Crippen LogP contribution in [-0.2, 0) is 17.9 Å². The van der Waals surface area contributed by atoms with E-state index in [0.29, 0.717) is 48.8 Å². The molecule has 3 saturated heterocycles. The van der Waals surface area contributed by atoms with E-state index in [9.17, 15) is 15.0 Å². The molecule has 3 aliphatic heterocycles. The highest BCUT2D eigenvalue weighted by molar-refractivity contribution is 6.14. The summed E-state index contributed by atoms with van der Waals surface area (Å²) < 4.78 is 0. The number of Topliss-reactive ketones (excluding diaryl/α,β-unsaturated/α-hetero) is 1. The largest absolute Gasteiger partial charge is 0.508 e. The number of piperazine rings is 2. The summed E-state index contributed by atoms with van der Waals surface area (Å²) in [5.74, 6) is 0.630. The summed E-state index contributed by atoms with van der Waals surface area (Å²) in [5.41, 5.74) is 5.03. The predicted molar refractivity (Wildman–Crippen MR) is 156 cm³/mol. The molecule has 0 saturated carbocycles. The lowest BCUT2D eigenvalue weighted by molar-refractivity contribution is -0.112. The number of phenolic OH excluding ortho intramolecular Hbond substituents is 2. The molecule has 2 aromatic rings. The molecule has 3 N–H and O–H groups in total. The van der Waals surface area contributed by atoms with Crippen LogP contribution in [0.3, 0.4) is 0 Å². The SMILES string of the molecule is CN1CCN(Cc2cc(C=C3CNCC(=Cc4ccc(O)c(CN5CCN(C)CC5)c4)C3=O)ccc2O)CC1. The first-order chi connectivity index (χ1) is 18.8. The second-order valence-electron chi connectivity index (χ2n) is 11.2. The zero-order chi connectivity index (χ0) is 27.4. The van der Waals surface area contributed by atoms with Crippen LogP contribution < -0.4 is 5.32 Å². The molecular weight excluding hydrogens is 490 g/mol. The normalized spacial score (nSPS) is 22.7. The van der Waals surface area contributed by atoms with Crippen LogP contribution in [0.15, 0.2) is 47.5 Å². The number of hydrogen-bond donors (Lipinski definition) is 3. The molecule has 3 heterocycles. The molecular formula is C31H41N5O3. The average molecular weight is 532 g/mol. The van der Waals surface area contributed by atoms with E-state index in [0.717, 1.165) is 74.6 Å². The minimum atomic E-state index is 0.0381. The topological polar surface area (TPSA) is 82.5 Å². The molecule has 208 valence electrons. The van der Waals surface area contributed by atoms with E-state index in [1.165, 1.54) is 0 Å². The van der Waals surface area contributed by atoms with Crippen molar-refractivity contribution in [3.63, 3.8) is 0 Å². The number of rotatable bonds is 6. The molecule has 0 unspecified atom stereocenters. The molecule has 5 rings (SSSR count). The molecule has 8 heteroatoms. The van der Waals surface area contributed by atoms with Crippen molar-refractivity contribution in [1.82, 2.24) is 24.9 Å². The molecule has 0 atom stereocenters. The minimum absolute atomic E-state index is 0.0381. The van der Waals surface area contributed by atoms with Gasteiger partial charge in [-0.3, -0.25) is 14.6 Å². The number of phenols is 2. The zero-order valence-corrected chi connectivity index (χ0v) is 23.2. The fourth-order valence-electron chi connectivity index (χ4n) is 5.47. The van der Waals surface area contributed by atoms with Gasteiger partial charge in [0.15, 0.2) is 5.78 Å². The second-order valence-corrected chi connectivity index (χ2v) is 11.2. The van der Waals surface area contributed by atoms with Crippen molar-refractivity contribution in [1.29, 1.82) is 0 Å². The van der Waals surface area contributed by atoms with E-state index < -0.39 is 0 Å². The van der Waals surface area contributed by atoms with Crippen molar-refractivity contribution < 1.29 is 15.0 Å². The molecule has 3 aliphatic rings. The van der Waals surface area contributed by atoms with E-state index in [-0.39, 0.29) is 5.78 Å². The minimum Gasteiger partial charge on any atom is -0.508 e. The fourth-order valence-corrected chi connectivity index (χ4v) is 5.47. The summed E-state index contributed by atoms with van der Waals surface area (Å²) in [6, 6.07) is 11.2. The summed E-state index contributed by atoms with van der Waals surface area (Å²) >= 11 is 0. The molecule has 39 heavy (non-hydrogen) atoms. The average Bonchev–Trinajstić information content (AvgIpc) is 2.93. The number of nitrogens with one attached hydrogen (secondary N) is 1. The number of nitrogens with zero attached hydrogens (tertiary/aromatic N) is 4.